The number of hydrogen-bond acceptors (Lipinski definition) is 5. The first-order chi connectivity index (χ1) is 16.2. The van der Waals surface area contributed by atoms with E-state index in [2.05, 4.69) is 36.8 Å². The van der Waals surface area contributed by atoms with Gasteiger partial charge in [0.2, 0.25) is 0 Å². The molecular formula is C28H33ClN4O. The van der Waals surface area contributed by atoms with E-state index >= 15 is 0 Å². The predicted molar refractivity (Wildman–Crippen MR) is 142 cm³/mol. The Labute approximate surface area is 208 Å². The molecule has 34 heavy (non-hydrogen) atoms. The maximum absolute atomic E-state index is 11.7. The van der Waals surface area contributed by atoms with Crippen LogP contribution in [0.25, 0.3) is 0 Å². The average molecular weight is 477 g/mol. The highest BCUT2D eigenvalue weighted by molar-refractivity contribution is 6.30. The molecule has 0 bridgehead atoms. The van der Waals surface area contributed by atoms with Crippen molar-refractivity contribution in [3.05, 3.63) is 107 Å². The van der Waals surface area contributed by atoms with Crippen LogP contribution in [0.1, 0.15) is 31.9 Å². The summed E-state index contributed by atoms with van der Waals surface area (Å²) >= 11 is 6.17. The molecule has 2 aliphatic rings. The molecule has 2 heterocycles. The monoisotopic (exact) mass is 476 g/mol. The summed E-state index contributed by atoms with van der Waals surface area (Å²) in [6, 6.07) is 7.28. The van der Waals surface area contributed by atoms with E-state index in [0.717, 1.165) is 46.0 Å². The SMILES string of the molecule is C=C/C=C1\C(=C)C(c2ccc(Cl)cc2)N(C2=CCC=C(N(C)C)C(N(CC)C(C)C=O)=N2)C1=C. The van der Waals surface area contributed by atoms with Crippen molar-refractivity contribution in [1.82, 2.24) is 14.7 Å². The van der Waals surface area contributed by atoms with Crippen LogP contribution in [0.15, 0.2) is 102 Å². The average Bonchev–Trinajstić information content (AvgIpc) is 2.95. The zero-order valence-electron chi connectivity index (χ0n) is 20.5. The second-order valence-electron chi connectivity index (χ2n) is 8.49. The summed E-state index contributed by atoms with van der Waals surface area (Å²) in [5.74, 6) is 1.52. The number of aldehydes is 1. The van der Waals surface area contributed by atoms with E-state index in [1.807, 2.05) is 68.1 Å². The molecule has 1 aromatic rings. The van der Waals surface area contributed by atoms with E-state index in [1.54, 1.807) is 6.08 Å². The normalized spacial score (nSPS) is 20.4. The molecule has 0 spiro atoms. The van der Waals surface area contributed by atoms with Gasteiger partial charge in [0.25, 0.3) is 0 Å². The van der Waals surface area contributed by atoms with Gasteiger partial charge < -0.3 is 19.5 Å². The Morgan fingerprint density at radius 3 is 2.47 bits per heavy atom. The fraction of sp³-hybridized carbons (Fsp3) is 0.286. The number of allylic oxidation sites excluding steroid dienone is 5. The van der Waals surface area contributed by atoms with Gasteiger partial charge in [0.1, 0.15) is 12.1 Å². The fourth-order valence-corrected chi connectivity index (χ4v) is 4.52. The Bertz CT molecular complexity index is 1110. The highest BCUT2D eigenvalue weighted by Crippen LogP contribution is 2.48. The van der Waals surface area contributed by atoms with Gasteiger partial charge in [-0.2, -0.15) is 0 Å². The van der Waals surface area contributed by atoms with Gasteiger partial charge in [-0.05, 0) is 49.6 Å². The minimum Gasteiger partial charge on any atom is -0.375 e. The van der Waals surface area contributed by atoms with Crippen molar-refractivity contribution in [1.29, 1.82) is 0 Å². The summed E-state index contributed by atoms with van der Waals surface area (Å²) in [5.41, 5.74) is 4.67. The summed E-state index contributed by atoms with van der Waals surface area (Å²) in [7, 11) is 3.98. The third kappa shape index (κ3) is 4.80. The van der Waals surface area contributed by atoms with Gasteiger partial charge >= 0.3 is 0 Å². The van der Waals surface area contributed by atoms with Crippen LogP contribution in [0, 0.1) is 0 Å². The number of likely N-dealkylation sites (N-methyl/N-ethyl adjacent to an activating group) is 2. The third-order valence-corrected chi connectivity index (χ3v) is 6.35. The van der Waals surface area contributed by atoms with Crippen LogP contribution in [-0.2, 0) is 4.79 Å². The van der Waals surface area contributed by atoms with Crippen LogP contribution in [0.3, 0.4) is 0 Å². The zero-order chi connectivity index (χ0) is 25.0. The number of nitrogens with zero attached hydrogens (tertiary/aromatic N) is 4. The van der Waals surface area contributed by atoms with Crippen LogP contribution < -0.4 is 0 Å². The molecule has 1 saturated heterocycles. The van der Waals surface area contributed by atoms with E-state index in [-0.39, 0.29) is 12.1 Å². The van der Waals surface area contributed by atoms with Crippen molar-refractivity contribution in [2.45, 2.75) is 32.4 Å². The maximum Gasteiger partial charge on any atom is 0.154 e. The van der Waals surface area contributed by atoms with Gasteiger partial charge in [0.05, 0.1) is 17.8 Å². The number of rotatable bonds is 7. The van der Waals surface area contributed by atoms with Gasteiger partial charge in [0, 0.05) is 36.9 Å². The fourth-order valence-electron chi connectivity index (χ4n) is 4.39. The summed E-state index contributed by atoms with van der Waals surface area (Å²) in [5, 5.41) is 0.676. The number of hydrogen-bond donors (Lipinski definition) is 0. The molecule has 1 fully saturated rings. The zero-order valence-corrected chi connectivity index (χ0v) is 21.2. The quantitative estimate of drug-likeness (QED) is 0.461. The molecule has 0 amide bonds. The number of benzene rings is 1. The van der Waals surface area contributed by atoms with Gasteiger partial charge in [-0.15, -0.1) is 0 Å². The van der Waals surface area contributed by atoms with Gasteiger partial charge in [0.15, 0.2) is 5.84 Å². The van der Waals surface area contributed by atoms with E-state index in [0.29, 0.717) is 18.0 Å². The minimum atomic E-state index is -0.313. The molecule has 6 heteroatoms. The van der Waals surface area contributed by atoms with Crippen LogP contribution >= 0.6 is 11.6 Å². The highest BCUT2D eigenvalue weighted by Gasteiger charge is 2.38. The molecule has 5 nitrogen and oxygen atoms in total. The van der Waals surface area contributed by atoms with Crippen LogP contribution in [0.2, 0.25) is 5.02 Å². The number of halogens is 1. The van der Waals surface area contributed by atoms with Crippen LogP contribution in [0.5, 0.6) is 0 Å². The largest absolute Gasteiger partial charge is 0.375 e. The van der Waals surface area contributed by atoms with Crippen molar-refractivity contribution < 1.29 is 4.79 Å². The topological polar surface area (TPSA) is 39.1 Å². The lowest BCUT2D eigenvalue weighted by Gasteiger charge is -2.33. The summed E-state index contributed by atoms with van der Waals surface area (Å²) in [6.07, 6.45) is 9.55. The van der Waals surface area contributed by atoms with Gasteiger partial charge in [-0.1, -0.05) is 61.7 Å². The molecule has 2 unspecified atom stereocenters. The number of carbonyl (C=O) groups excluding carboxylic acids is 1. The molecule has 0 radical (unpaired) electrons. The molecule has 1 aromatic carbocycles. The van der Waals surface area contributed by atoms with Crippen molar-refractivity contribution in [3.63, 3.8) is 0 Å². The molecule has 0 aliphatic carbocycles. The lowest BCUT2D eigenvalue weighted by atomic mass is 9.97. The Morgan fingerprint density at radius 1 is 1.24 bits per heavy atom. The lowest BCUT2D eigenvalue weighted by Crippen LogP contribution is -2.43. The first-order valence-electron chi connectivity index (χ1n) is 11.4. The standard InChI is InChI=1S/C28H33ClN4O/c1-8-11-24-20(4)27(22-14-16-23(29)17-15-22)33(21(24)5)26-13-10-12-25(31(6)7)28(30-26)32(9-2)19(3)18-34/h8,11-19,27H,1,4-5,9-10H2,2-3,6-7H3/b24-11+. The molecule has 3 rings (SSSR count). The predicted octanol–water partition coefficient (Wildman–Crippen LogP) is 5.88. The van der Waals surface area contributed by atoms with E-state index < -0.39 is 0 Å². The van der Waals surface area contributed by atoms with E-state index in [4.69, 9.17) is 16.6 Å². The number of amidine groups is 1. The minimum absolute atomic E-state index is 0.188. The molecule has 178 valence electrons. The summed E-state index contributed by atoms with van der Waals surface area (Å²) in [4.78, 5) is 23.0. The van der Waals surface area contributed by atoms with Gasteiger partial charge in [-0.25, -0.2) is 4.99 Å². The first-order valence-corrected chi connectivity index (χ1v) is 11.8. The van der Waals surface area contributed by atoms with Crippen molar-refractivity contribution in [3.8, 4) is 0 Å². The second-order valence-corrected chi connectivity index (χ2v) is 8.93. The third-order valence-electron chi connectivity index (χ3n) is 6.10. The van der Waals surface area contributed by atoms with Gasteiger partial charge in [-0.3, -0.25) is 0 Å². The summed E-state index contributed by atoms with van der Waals surface area (Å²) in [6.45, 7) is 17.2. The van der Waals surface area contributed by atoms with E-state index in [1.165, 1.54) is 0 Å². The molecule has 2 aliphatic heterocycles. The summed E-state index contributed by atoms with van der Waals surface area (Å²) < 4.78 is 0. The van der Waals surface area contributed by atoms with Crippen molar-refractivity contribution in [2.75, 3.05) is 20.6 Å². The smallest absolute Gasteiger partial charge is 0.154 e. The van der Waals surface area contributed by atoms with Crippen molar-refractivity contribution >= 4 is 23.7 Å². The number of carbonyl (C=O) groups is 1. The second kappa shape index (κ2) is 10.7. The highest BCUT2D eigenvalue weighted by atomic mass is 35.5. The Hall–Kier alpha value is -3.31. The first kappa shape index (κ1) is 25.3. The number of likely N-dealkylation sites (tertiary alicyclic amines) is 1. The Morgan fingerprint density at radius 2 is 1.91 bits per heavy atom. The van der Waals surface area contributed by atoms with Crippen molar-refractivity contribution in [2.24, 2.45) is 4.99 Å². The lowest BCUT2D eigenvalue weighted by molar-refractivity contribution is -0.110. The molecule has 0 saturated carbocycles. The van der Waals surface area contributed by atoms with Crippen LogP contribution in [-0.4, -0.2) is 53.5 Å². The molecular weight excluding hydrogens is 444 g/mol. The molecule has 2 atom stereocenters. The van der Waals surface area contributed by atoms with Crippen LogP contribution in [0.4, 0.5) is 0 Å². The Kier molecular flexibility index (Phi) is 8.00. The number of aliphatic imine (C=N–C) groups is 1. The maximum atomic E-state index is 11.7. The molecule has 0 aromatic heterocycles. The van der Waals surface area contributed by atoms with E-state index in [9.17, 15) is 4.79 Å². The molecule has 0 N–H and O–H groups in total. The Balaban J connectivity index is 2.19.